The standard InChI is InChI=1S/C9H18N2O2S/c1-14(12,13)9-6-8(7-9)11-4-2-10-3-5-11/h8-10H,2-7H2,1H3. The minimum atomic E-state index is -2.78. The van der Waals surface area contributed by atoms with Crippen molar-refractivity contribution in [2.24, 2.45) is 0 Å². The Balaban J connectivity index is 1.82. The summed E-state index contributed by atoms with van der Waals surface area (Å²) >= 11 is 0. The summed E-state index contributed by atoms with van der Waals surface area (Å²) < 4.78 is 22.4. The van der Waals surface area contributed by atoms with Crippen molar-refractivity contribution in [1.29, 1.82) is 0 Å². The first-order valence-corrected chi connectivity index (χ1v) is 7.16. The zero-order valence-electron chi connectivity index (χ0n) is 8.57. The van der Waals surface area contributed by atoms with Crippen LogP contribution in [0.2, 0.25) is 0 Å². The Kier molecular flexibility index (Phi) is 2.81. The zero-order valence-corrected chi connectivity index (χ0v) is 9.39. The second-order valence-corrected chi connectivity index (χ2v) is 6.69. The number of nitrogens with zero attached hydrogens (tertiary/aromatic N) is 1. The van der Waals surface area contributed by atoms with E-state index >= 15 is 0 Å². The highest BCUT2D eigenvalue weighted by Gasteiger charge is 2.39. The summed E-state index contributed by atoms with van der Waals surface area (Å²) in [6.45, 7) is 4.22. The lowest BCUT2D eigenvalue weighted by Gasteiger charge is -2.43. The van der Waals surface area contributed by atoms with Gasteiger partial charge in [0.1, 0.15) is 9.84 Å². The van der Waals surface area contributed by atoms with Crippen LogP contribution >= 0.6 is 0 Å². The van der Waals surface area contributed by atoms with Crippen molar-refractivity contribution in [3.63, 3.8) is 0 Å². The van der Waals surface area contributed by atoms with Gasteiger partial charge in [-0.3, -0.25) is 4.90 Å². The molecule has 0 aromatic rings. The number of hydrogen-bond acceptors (Lipinski definition) is 4. The minimum absolute atomic E-state index is 0.0672. The van der Waals surface area contributed by atoms with Crippen LogP contribution in [0.5, 0.6) is 0 Å². The SMILES string of the molecule is CS(=O)(=O)C1CC(N2CCNCC2)C1. The molecule has 0 unspecified atom stereocenters. The summed E-state index contributed by atoms with van der Waals surface area (Å²) in [6, 6.07) is 0.525. The van der Waals surface area contributed by atoms with Crippen molar-refractivity contribution in [1.82, 2.24) is 10.2 Å². The third kappa shape index (κ3) is 2.10. The highest BCUT2D eigenvalue weighted by Crippen LogP contribution is 2.30. The number of rotatable bonds is 2. The van der Waals surface area contributed by atoms with Gasteiger partial charge in [-0.15, -0.1) is 0 Å². The summed E-state index contributed by atoms with van der Waals surface area (Å²) in [5, 5.41) is 3.23. The summed E-state index contributed by atoms with van der Waals surface area (Å²) in [6.07, 6.45) is 3.04. The Hall–Kier alpha value is -0.130. The largest absolute Gasteiger partial charge is 0.314 e. The van der Waals surface area contributed by atoms with Crippen LogP contribution in [-0.4, -0.2) is 57.0 Å². The quantitative estimate of drug-likeness (QED) is 0.677. The molecule has 0 aromatic heterocycles. The predicted molar refractivity (Wildman–Crippen MR) is 56.1 cm³/mol. The topological polar surface area (TPSA) is 49.4 Å². The lowest BCUT2D eigenvalue weighted by Crippen LogP contribution is -2.55. The van der Waals surface area contributed by atoms with Crippen molar-refractivity contribution in [2.45, 2.75) is 24.1 Å². The molecule has 5 heteroatoms. The second kappa shape index (κ2) is 3.79. The third-order valence-corrected chi connectivity index (χ3v) is 4.94. The maximum Gasteiger partial charge on any atom is 0.150 e. The molecule has 0 bridgehead atoms. The molecule has 0 spiro atoms. The number of sulfone groups is 1. The molecule has 1 aliphatic carbocycles. The van der Waals surface area contributed by atoms with Crippen molar-refractivity contribution in [3.8, 4) is 0 Å². The highest BCUT2D eigenvalue weighted by atomic mass is 32.2. The van der Waals surface area contributed by atoms with E-state index in [1.165, 1.54) is 6.26 Å². The first-order valence-electron chi connectivity index (χ1n) is 5.21. The van der Waals surface area contributed by atoms with Crippen LogP contribution in [0.1, 0.15) is 12.8 Å². The number of nitrogens with one attached hydrogen (secondary N) is 1. The van der Waals surface area contributed by atoms with E-state index in [1.54, 1.807) is 0 Å². The van der Waals surface area contributed by atoms with Crippen molar-refractivity contribution in [3.05, 3.63) is 0 Å². The Morgan fingerprint density at radius 3 is 2.29 bits per heavy atom. The first-order chi connectivity index (χ1) is 6.57. The normalized spacial score (nSPS) is 35.2. The average molecular weight is 218 g/mol. The van der Waals surface area contributed by atoms with Gasteiger partial charge in [0.05, 0.1) is 5.25 Å². The van der Waals surface area contributed by atoms with E-state index in [2.05, 4.69) is 10.2 Å². The van der Waals surface area contributed by atoms with Crippen LogP contribution < -0.4 is 5.32 Å². The van der Waals surface area contributed by atoms with E-state index in [9.17, 15) is 8.42 Å². The maximum absolute atomic E-state index is 11.2. The predicted octanol–water partition coefficient (Wildman–Crippen LogP) is -0.533. The highest BCUT2D eigenvalue weighted by molar-refractivity contribution is 7.91. The van der Waals surface area contributed by atoms with Gasteiger partial charge in [0.25, 0.3) is 0 Å². The molecule has 1 saturated heterocycles. The van der Waals surface area contributed by atoms with Crippen LogP contribution in [0.25, 0.3) is 0 Å². The molecule has 1 aliphatic heterocycles. The molecule has 1 saturated carbocycles. The summed E-state index contributed by atoms with van der Waals surface area (Å²) in [7, 11) is -2.78. The molecule has 4 nitrogen and oxygen atoms in total. The molecule has 82 valence electrons. The summed E-state index contributed by atoms with van der Waals surface area (Å²) in [5.74, 6) is 0. The number of hydrogen-bond donors (Lipinski definition) is 1. The zero-order chi connectivity index (χ0) is 10.2. The minimum Gasteiger partial charge on any atom is -0.314 e. The second-order valence-electron chi connectivity index (χ2n) is 4.36. The molecule has 1 N–H and O–H groups in total. The van der Waals surface area contributed by atoms with Gasteiger partial charge < -0.3 is 5.32 Å². The van der Waals surface area contributed by atoms with E-state index in [0.29, 0.717) is 6.04 Å². The molecule has 2 rings (SSSR count). The van der Waals surface area contributed by atoms with Crippen LogP contribution in [0.15, 0.2) is 0 Å². The van der Waals surface area contributed by atoms with Crippen molar-refractivity contribution in [2.75, 3.05) is 32.4 Å². The fourth-order valence-corrected chi connectivity index (χ4v) is 3.38. The van der Waals surface area contributed by atoms with E-state index in [1.807, 2.05) is 0 Å². The Morgan fingerprint density at radius 2 is 1.79 bits per heavy atom. The first kappa shape index (κ1) is 10.4. The van der Waals surface area contributed by atoms with Gasteiger partial charge in [-0.1, -0.05) is 0 Å². The molecule has 2 aliphatic rings. The summed E-state index contributed by atoms with van der Waals surface area (Å²) in [5.41, 5.74) is 0. The summed E-state index contributed by atoms with van der Waals surface area (Å²) in [4.78, 5) is 2.41. The third-order valence-electron chi connectivity index (χ3n) is 3.34. The van der Waals surface area contributed by atoms with Crippen LogP contribution in [0.4, 0.5) is 0 Å². The van der Waals surface area contributed by atoms with E-state index < -0.39 is 9.84 Å². The monoisotopic (exact) mass is 218 g/mol. The number of piperazine rings is 1. The molecular formula is C9H18N2O2S. The van der Waals surface area contributed by atoms with Crippen LogP contribution in [-0.2, 0) is 9.84 Å². The Labute approximate surface area is 85.6 Å². The van der Waals surface area contributed by atoms with E-state index in [4.69, 9.17) is 0 Å². The van der Waals surface area contributed by atoms with Gasteiger partial charge in [0.15, 0.2) is 0 Å². The lowest BCUT2D eigenvalue weighted by molar-refractivity contribution is 0.115. The average Bonchev–Trinajstić information content (AvgIpc) is 2.00. The van der Waals surface area contributed by atoms with Gasteiger partial charge in [-0.05, 0) is 12.8 Å². The molecule has 2 fully saturated rings. The van der Waals surface area contributed by atoms with Crippen LogP contribution in [0.3, 0.4) is 0 Å². The maximum atomic E-state index is 11.2. The molecule has 0 amide bonds. The van der Waals surface area contributed by atoms with Crippen molar-refractivity contribution >= 4 is 9.84 Å². The fraction of sp³-hybridized carbons (Fsp3) is 1.00. The molecule has 0 atom stereocenters. The van der Waals surface area contributed by atoms with Gasteiger partial charge >= 0.3 is 0 Å². The van der Waals surface area contributed by atoms with E-state index in [0.717, 1.165) is 39.0 Å². The van der Waals surface area contributed by atoms with Crippen LogP contribution in [0, 0.1) is 0 Å². The lowest BCUT2D eigenvalue weighted by atomic mass is 9.90. The van der Waals surface area contributed by atoms with Gasteiger partial charge in [0.2, 0.25) is 0 Å². The van der Waals surface area contributed by atoms with Gasteiger partial charge in [0, 0.05) is 38.5 Å². The van der Waals surface area contributed by atoms with E-state index in [-0.39, 0.29) is 5.25 Å². The fourth-order valence-electron chi connectivity index (χ4n) is 2.23. The Bertz CT molecular complexity index is 290. The molecule has 14 heavy (non-hydrogen) atoms. The molecule has 0 aromatic carbocycles. The molecule has 1 heterocycles. The van der Waals surface area contributed by atoms with Crippen molar-refractivity contribution < 1.29 is 8.42 Å². The Morgan fingerprint density at radius 1 is 1.21 bits per heavy atom. The van der Waals surface area contributed by atoms with Gasteiger partial charge in [-0.25, -0.2) is 8.42 Å². The van der Waals surface area contributed by atoms with Gasteiger partial charge in [-0.2, -0.15) is 0 Å². The molecule has 0 radical (unpaired) electrons. The molecular weight excluding hydrogens is 200 g/mol. The smallest absolute Gasteiger partial charge is 0.150 e.